The Morgan fingerprint density at radius 3 is 3.00 bits per heavy atom. The van der Waals surface area contributed by atoms with E-state index in [-0.39, 0.29) is 6.10 Å². The summed E-state index contributed by atoms with van der Waals surface area (Å²) in [4.78, 5) is 0. The van der Waals surface area contributed by atoms with Gasteiger partial charge in [0.15, 0.2) is 0 Å². The fourth-order valence-electron chi connectivity index (χ4n) is 1.95. The number of rotatable bonds is 0. The van der Waals surface area contributed by atoms with E-state index in [1.807, 2.05) is 0 Å². The van der Waals surface area contributed by atoms with Gasteiger partial charge in [0.05, 0.1) is 18.8 Å². The lowest BCUT2D eigenvalue weighted by atomic mass is 10.0. The first-order valence-electron chi connectivity index (χ1n) is 3.67. The zero-order valence-corrected chi connectivity index (χ0v) is 5.42. The summed E-state index contributed by atoms with van der Waals surface area (Å²) < 4.78 is 5.34. The minimum Gasteiger partial charge on any atom is -0.390 e. The summed E-state index contributed by atoms with van der Waals surface area (Å²) in [6.45, 7) is 0.579. The van der Waals surface area contributed by atoms with Crippen molar-refractivity contribution in [1.29, 1.82) is 0 Å². The Kier molecular flexibility index (Phi) is 1.24. The Morgan fingerprint density at radius 2 is 2.22 bits per heavy atom. The van der Waals surface area contributed by atoms with E-state index in [0.717, 1.165) is 0 Å². The van der Waals surface area contributed by atoms with Crippen LogP contribution in [0, 0.1) is 5.92 Å². The summed E-state index contributed by atoms with van der Waals surface area (Å²) in [6.07, 6.45) is 3.83. The van der Waals surface area contributed by atoms with Crippen LogP contribution in [0.1, 0.15) is 19.3 Å². The fraction of sp³-hybridized carbons (Fsp3) is 1.00. The zero-order chi connectivity index (χ0) is 6.27. The molecule has 2 aliphatic rings. The van der Waals surface area contributed by atoms with Crippen LogP contribution in [0.15, 0.2) is 0 Å². The van der Waals surface area contributed by atoms with Gasteiger partial charge < -0.3 is 9.84 Å². The van der Waals surface area contributed by atoms with Gasteiger partial charge in [-0.3, -0.25) is 0 Å². The summed E-state index contributed by atoms with van der Waals surface area (Å²) in [5, 5.41) is 9.27. The predicted molar refractivity (Wildman–Crippen MR) is 33.1 cm³/mol. The normalized spacial score (nSPS) is 49.7. The molecule has 0 aromatic heterocycles. The Balaban J connectivity index is 2.07. The highest BCUT2D eigenvalue weighted by molar-refractivity contribution is 4.88. The molecule has 0 aromatic rings. The molecule has 52 valence electrons. The molecule has 2 nitrogen and oxygen atoms in total. The number of aliphatic hydroxyl groups is 1. The smallest absolute Gasteiger partial charge is 0.0826 e. The molecular weight excluding hydrogens is 116 g/mol. The number of hydrogen-bond donors (Lipinski definition) is 1. The molecule has 0 radical (unpaired) electrons. The van der Waals surface area contributed by atoms with E-state index in [1.54, 1.807) is 0 Å². The maximum atomic E-state index is 9.27. The van der Waals surface area contributed by atoms with Crippen molar-refractivity contribution in [2.24, 2.45) is 5.92 Å². The third-order valence-corrected chi connectivity index (χ3v) is 2.48. The maximum absolute atomic E-state index is 9.27. The van der Waals surface area contributed by atoms with Crippen molar-refractivity contribution in [3.05, 3.63) is 0 Å². The molecule has 0 spiro atoms. The molecule has 2 heteroatoms. The zero-order valence-electron chi connectivity index (χ0n) is 5.42. The second kappa shape index (κ2) is 1.96. The Bertz CT molecular complexity index is 113. The van der Waals surface area contributed by atoms with E-state index in [0.29, 0.717) is 18.6 Å². The topological polar surface area (TPSA) is 29.5 Å². The Hall–Kier alpha value is -0.0800. The van der Waals surface area contributed by atoms with Gasteiger partial charge >= 0.3 is 0 Å². The van der Waals surface area contributed by atoms with Gasteiger partial charge in [0.25, 0.3) is 0 Å². The van der Waals surface area contributed by atoms with Crippen molar-refractivity contribution in [2.75, 3.05) is 6.61 Å². The molecule has 1 unspecified atom stereocenters. The van der Waals surface area contributed by atoms with Crippen LogP contribution in [0.3, 0.4) is 0 Å². The number of hydrogen-bond acceptors (Lipinski definition) is 2. The summed E-state index contributed by atoms with van der Waals surface area (Å²) >= 11 is 0. The lowest BCUT2D eigenvalue weighted by molar-refractivity contribution is 0.0861. The van der Waals surface area contributed by atoms with E-state index in [2.05, 4.69) is 0 Å². The first-order chi connectivity index (χ1) is 4.38. The quantitative estimate of drug-likeness (QED) is 0.516. The van der Waals surface area contributed by atoms with Crippen LogP contribution >= 0.6 is 0 Å². The molecule has 1 heterocycles. The van der Waals surface area contributed by atoms with Gasteiger partial charge in [-0.15, -0.1) is 0 Å². The van der Waals surface area contributed by atoms with Gasteiger partial charge in [0.2, 0.25) is 0 Å². The van der Waals surface area contributed by atoms with Crippen molar-refractivity contribution in [2.45, 2.75) is 31.5 Å². The minimum atomic E-state index is -0.155. The highest BCUT2D eigenvalue weighted by Crippen LogP contribution is 2.35. The van der Waals surface area contributed by atoms with Gasteiger partial charge in [-0.2, -0.15) is 0 Å². The van der Waals surface area contributed by atoms with E-state index in [1.165, 1.54) is 19.3 Å². The highest BCUT2D eigenvalue weighted by atomic mass is 16.5. The second-order valence-electron chi connectivity index (χ2n) is 3.03. The summed E-state index contributed by atoms with van der Waals surface area (Å²) in [5.74, 6) is 0.477. The van der Waals surface area contributed by atoms with Crippen molar-refractivity contribution in [3.63, 3.8) is 0 Å². The molecule has 2 fully saturated rings. The van der Waals surface area contributed by atoms with Crippen molar-refractivity contribution >= 4 is 0 Å². The SMILES string of the molecule is OC1CO[C@@H]2CCC[C@H]12. The van der Waals surface area contributed by atoms with Crippen LogP contribution in [-0.4, -0.2) is 23.9 Å². The summed E-state index contributed by atoms with van der Waals surface area (Å²) in [6, 6.07) is 0. The molecule has 9 heavy (non-hydrogen) atoms. The lowest BCUT2D eigenvalue weighted by Gasteiger charge is -2.08. The van der Waals surface area contributed by atoms with Crippen LogP contribution < -0.4 is 0 Å². The fourth-order valence-corrected chi connectivity index (χ4v) is 1.95. The molecule has 0 aromatic carbocycles. The molecule has 0 amide bonds. The Labute approximate surface area is 54.8 Å². The van der Waals surface area contributed by atoms with Crippen LogP contribution in [0.25, 0.3) is 0 Å². The molecule has 1 aliphatic heterocycles. The van der Waals surface area contributed by atoms with Crippen molar-refractivity contribution < 1.29 is 9.84 Å². The molecular formula is C7H12O2. The van der Waals surface area contributed by atoms with E-state index >= 15 is 0 Å². The second-order valence-corrected chi connectivity index (χ2v) is 3.03. The number of fused-ring (bicyclic) bond motifs is 1. The number of ether oxygens (including phenoxy) is 1. The molecule has 1 N–H and O–H groups in total. The molecule has 3 atom stereocenters. The van der Waals surface area contributed by atoms with Crippen LogP contribution in [0.4, 0.5) is 0 Å². The average molecular weight is 128 g/mol. The molecule has 0 bridgehead atoms. The van der Waals surface area contributed by atoms with Crippen molar-refractivity contribution in [3.8, 4) is 0 Å². The minimum absolute atomic E-state index is 0.155. The van der Waals surface area contributed by atoms with E-state index in [4.69, 9.17) is 4.74 Å². The monoisotopic (exact) mass is 128 g/mol. The lowest BCUT2D eigenvalue weighted by Crippen LogP contribution is -2.18. The summed E-state index contributed by atoms with van der Waals surface area (Å²) in [7, 11) is 0. The third-order valence-electron chi connectivity index (χ3n) is 2.48. The van der Waals surface area contributed by atoms with Crippen molar-refractivity contribution in [1.82, 2.24) is 0 Å². The average Bonchev–Trinajstić information content (AvgIpc) is 2.35. The van der Waals surface area contributed by atoms with Gasteiger partial charge in [-0.1, -0.05) is 6.42 Å². The molecule has 1 aliphatic carbocycles. The largest absolute Gasteiger partial charge is 0.390 e. The third kappa shape index (κ3) is 0.775. The standard InChI is InChI=1S/C7H12O2/c8-6-4-9-7-3-1-2-5(6)7/h5-8H,1-4H2/t5-,6?,7-/m1/s1. The highest BCUT2D eigenvalue weighted by Gasteiger charge is 2.38. The van der Waals surface area contributed by atoms with Gasteiger partial charge in [0, 0.05) is 5.92 Å². The van der Waals surface area contributed by atoms with Gasteiger partial charge in [-0.05, 0) is 12.8 Å². The first-order valence-corrected chi connectivity index (χ1v) is 3.67. The first kappa shape index (κ1) is 5.69. The molecule has 2 rings (SSSR count). The summed E-state index contributed by atoms with van der Waals surface area (Å²) in [5.41, 5.74) is 0. The molecule has 1 saturated heterocycles. The van der Waals surface area contributed by atoms with E-state index in [9.17, 15) is 5.11 Å². The van der Waals surface area contributed by atoms with E-state index < -0.39 is 0 Å². The predicted octanol–water partition coefficient (Wildman–Crippen LogP) is 0.546. The van der Waals surface area contributed by atoms with Crippen LogP contribution in [0.5, 0.6) is 0 Å². The number of aliphatic hydroxyl groups excluding tert-OH is 1. The maximum Gasteiger partial charge on any atom is 0.0826 e. The molecule has 1 saturated carbocycles. The van der Waals surface area contributed by atoms with Crippen LogP contribution in [0.2, 0.25) is 0 Å². The van der Waals surface area contributed by atoms with Gasteiger partial charge in [-0.25, -0.2) is 0 Å². The van der Waals surface area contributed by atoms with Crippen LogP contribution in [-0.2, 0) is 4.74 Å². The van der Waals surface area contributed by atoms with Gasteiger partial charge in [0.1, 0.15) is 0 Å². The Morgan fingerprint density at radius 1 is 1.33 bits per heavy atom.